The highest BCUT2D eigenvalue weighted by molar-refractivity contribution is 7.08. The fourth-order valence-corrected chi connectivity index (χ4v) is 3.54. The van der Waals surface area contributed by atoms with Crippen molar-refractivity contribution in [1.82, 2.24) is 19.5 Å². The lowest BCUT2D eigenvalue weighted by molar-refractivity contribution is -0.0243. The van der Waals surface area contributed by atoms with E-state index >= 15 is 0 Å². The third kappa shape index (κ3) is 3.11. The van der Waals surface area contributed by atoms with Crippen LogP contribution in [0, 0.1) is 6.92 Å². The summed E-state index contributed by atoms with van der Waals surface area (Å²) in [7, 11) is 0. The summed E-state index contributed by atoms with van der Waals surface area (Å²) in [4.78, 5) is 19.3. The lowest BCUT2D eigenvalue weighted by atomic mass is 9.87. The number of aromatic nitrogens is 3. The van der Waals surface area contributed by atoms with Crippen LogP contribution in [-0.2, 0) is 12.0 Å². The van der Waals surface area contributed by atoms with Gasteiger partial charge in [-0.3, -0.25) is 9.78 Å². The number of rotatable bonds is 3. The minimum absolute atomic E-state index is 0.0317. The Balaban J connectivity index is 1.70. The van der Waals surface area contributed by atoms with Crippen molar-refractivity contribution < 1.29 is 9.90 Å². The van der Waals surface area contributed by atoms with Crippen molar-refractivity contribution in [3.63, 3.8) is 0 Å². The lowest BCUT2D eigenvalue weighted by Gasteiger charge is -2.37. The first-order valence-electron chi connectivity index (χ1n) is 7.79. The first-order chi connectivity index (χ1) is 11.0. The van der Waals surface area contributed by atoms with E-state index in [9.17, 15) is 9.90 Å². The summed E-state index contributed by atoms with van der Waals surface area (Å²) >= 11 is 1.15. The highest BCUT2D eigenvalue weighted by Gasteiger charge is 2.37. The van der Waals surface area contributed by atoms with E-state index in [2.05, 4.69) is 14.6 Å². The summed E-state index contributed by atoms with van der Waals surface area (Å²) in [5.74, 6) is -0.0317. The van der Waals surface area contributed by atoms with E-state index in [4.69, 9.17) is 0 Å². The van der Waals surface area contributed by atoms with Gasteiger partial charge in [-0.2, -0.15) is 0 Å². The minimum Gasteiger partial charge on any atom is -0.383 e. The number of carbonyl (C=O) groups is 1. The van der Waals surface area contributed by atoms with Crippen LogP contribution in [0.15, 0.2) is 18.3 Å². The monoisotopic (exact) mass is 332 g/mol. The minimum atomic E-state index is -0.954. The molecule has 1 amide bonds. The molecule has 1 aliphatic rings. The van der Waals surface area contributed by atoms with Crippen LogP contribution in [0.2, 0.25) is 0 Å². The molecule has 0 radical (unpaired) electrons. The van der Waals surface area contributed by atoms with E-state index in [0.717, 1.165) is 22.8 Å². The normalized spacial score (nSPS) is 17.3. The Morgan fingerprint density at radius 2 is 2.13 bits per heavy atom. The van der Waals surface area contributed by atoms with Gasteiger partial charge in [-0.1, -0.05) is 17.5 Å². The molecule has 7 heteroatoms. The standard InChI is InChI=1S/C16H20N4O2S/c1-3-12-14(23-19-18-12)15(21)20-8-6-16(22,7-9-20)13-5-4-11(2)10-17-13/h4-5,10,22H,3,6-9H2,1-2H3. The van der Waals surface area contributed by atoms with Gasteiger partial charge in [0.2, 0.25) is 0 Å². The second-order valence-electron chi connectivity index (χ2n) is 5.95. The maximum atomic E-state index is 12.6. The van der Waals surface area contributed by atoms with Gasteiger partial charge in [-0.25, -0.2) is 0 Å². The summed E-state index contributed by atoms with van der Waals surface area (Å²) in [6, 6.07) is 3.82. The third-order valence-electron chi connectivity index (χ3n) is 4.35. The largest absolute Gasteiger partial charge is 0.383 e. The summed E-state index contributed by atoms with van der Waals surface area (Å²) in [5, 5.41) is 14.8. The van der Waals surface area contributed by atoms with Crippen molar-refractivity contribution in [1.29, 1.82) is 0 Å². The number of hydrogen-bond acceptors (Lipinski definition) is 6. The molecule has 6 nitrogen and oxygen atoms in total. The maximum Gasteiger partial charge on any atom is 0.267 e. The number of aryl methyl sites for hydroxylation is 2. The maximum absolute atomic E-state index is 12.6. The quantitative estimate of drug-likeness (QED) is 0.929. The van der Waals surface area contributed by atoms with Crippen LogP contribution in [0.3, 0.4) is 0 Å². The van der Waals surface area contributed by atoms with Crippen molar-refractivity contribution in [3.05, 3.63) is 40.2 Å². The molecule has 0 unspecified atom stereocenters. The Bertz CT molecular complexity index is 690. The van der Waals surface area contributed by atoms with Crippen LogP contribution in [0.5, 0.6) is 0 Å². The number of likely N-dealkylation sites (tertiary alicyclic amines) is 1. The van der Waals surface area contributed by atoms with E-state index in [1.807, 2.05) is 26.0 Å². The first-order valence-corrected chi connectivity index (χ1v) is 8.57. The van der Waals surface area contributed by atoms with Gasteiger partial charge in [-0.15, -0.1) is 5.10 Å². The van der Waals surface area contributed by atoms with E-state index < -0.39 is 5.60 Å². The SMILES string of the molecule is CCc1nnsc1C(=O)N1CCC(O)(c2ccc(C)cn2)CC1. The molecule has 2 aromatic rings. The molecule has 0 bridgehead atoms. The van der Waals surface area contributed by atoms with E-state index in [-0.39, 0.29) is 5.91 Å². The number of hydrogen-bond donors (Lipinski definition) is 1. The summed E-state index contributed by atoms with van der Waals surface area (Å²) < 4.78 is 3.88. The molecule has 1 fully saturated rings. The van der Waals surface area contributed by atoms with Gasteiger partial charge < -0.3 is 10.0 Å². The fraction of sp³-hybridized carbons (Fsp3) is 0.500. The van der Waals surface area contributed by atoms with Gasteiger partial charge in [0.25, 0.3) is 5.91 Å². The Hall–Kier alpha value is -1.86. The van der Waals surface area contributed by atoms with Crippen LogP contribution in [0.4, 0.5) is 0 Å². The molecule has 23 heavy (non-hydrogen) atoms. The second kappa shape index (κ2) is 6.33. The third-order valence-corrected chi connectivity index (χ3v) is 5.11. The van der Waals surface area contributed by atoms with Crippen molar-refractivity contribution in [3.8, 4) is 0 Å². The average Bonchev–Trinajstić information content (AvgIpc) is 3.04. The molecule has 0 atom stereocenters. The van der Waals surface area contributed by atoms with E-state index in [0.29, 0.717) is 42.9 Å². The van der Waals surface area contributed by atoms with Gasteiger partial charge in [0, 0.05) is 19.3 Å². The van der Waals surface area contributed by atoms with Crippen LogP contribution in [0.25, 0.3) is 0 Å². The summed E-state index contributed by atoms with van der Waals surface area (Å²) in [6.07, 6.45) is 3.44. The van der Waals surface area contributed by atoms with Crippen LogP contribution < -0.4 is 0 Å². The molecule has 122 valence electrons. The smallest absolute Gasteiger partial charge is 0.267 e. The Kier molecular flexibility index (Phi) is 4.41. The molecule has 3 rings (SSSR count). The highest BCUT2D eigenvalue weighted by atomic mass is 32.1. The molecular formula is C16H20N4O2S. The second-order valence-corrected chi connectivity index (χ2v) is 6.70. The molecule has 0 aromatic carbocycles. The summed E-state index contributed by atoms with van der Waals surface area (Å²) in [5.41, 5.74) is 1.55. The predicted molar refractivity (Wildman–Crippen MR) is 87.3 cm³/mol. The molecule has 2 aromatic heterocycles. The zero-order valence-corrected chi connectivity index (χ0v) is 14.1. The number of piperidine rings is 1. The zero-order valence-electron chi connectivity index (χ0n) is 13.3. The summed E-state index contributed by atoms with van der Waals surface area (Å²) in [6.45, 7) is 4.94. The molecule has 0 saturated carbocycles. The number of aliphatic hydroxyl groups is 1. The van der Waals surface area contributed by atoms with Crippen LogP contribution in [0.1, 0.15) is 46.4 Å². The van der Waals surface area contributed by atoms with Gasteiger partial charge in [0.1, 0.15) is 10.5 Å². The number of pyridine rings is 1. The zero-order chi connectivity index (χ0) is 16.4. The number of nitrogens with zero attached hydrogens (tertiary/aromatic N) is 4. The van der Waals surface area contributed by atoms with Gasteiger partial charge in [-0.05, 0) is 49.3 Å². The van der Waals surface area contributed by atoms with E-state index in [1.165, 1.54) is 0 Å². The van der Waals surface area contributed by atoms with Crippen molar-refractivity contribution in [2.45, 2.75) is 38.7 Å². The van der Waals surface area contributed by atoms with Crippen molar-refractivity contribution in [2.75, 3.05) is 13.1 Å². The Labute approximate surface area is 139 Å². The fourth-order valence-electron chi connectivity index (χ4n) is 2.82. The number of amides is 1. The average molecular weight is 332 g/mol. The molecule has 0 spiro atoms. The molecule has 0 aliphatic carbocycles. The number of carbonyl (C=O) groups excluding carboxylic acids is 1. The Morgan fingerprint density at radius 3 is 2.74 bits per heavy atom. The van der Waals surface area contributed by atoms with Gasteiger partial charge in [0.15, 0.2) is 0 Å². The van der Waals surface area contributed by atoms with Crippen molar-refractivity contribution in [2.24, 2.45) is 0 Å². The van der Waals surface area contributed by atoms with Crippen LogP contribution in [-0.4, -0.2) is 43.6 Å². The molecule has 1 saturated heterocycles. The Morgan fingerprint density at radius 1 is 1.39 bits per heavy atom. The topological polar surface area (TPSA) is 79.2 Å². The van der Waals surface area contributed by atoms with Crippen LogP contribution >= 0.6 is 11.5 Å². The van der Waals surface area contributed by atoms with Gasteiger partial charge in [0.05, 0.1) is 11.4 Å². The van der Waals surface area contributed by atoms with Crippen molar-refractivity contribution >= 4 is 17.4 Å². The molecule has 1 N–H and O–H groups in total. The predicted octanol–water partition coefficient (Wildman–Crippen LogP) is 1.93. The highest BCUT2D eigenvalue weighted by Crippen LogP contribution is 2.32. The molecule has 1 aliphatic heterocycles. The van der Waals surface area contributed by atoms with Gasteiger partial charge >= 0.3 is 0 Å². The lowest BCUT2D eigenvalue weighted by Crippen LogP contribution is -2.45. The molecule has 3 heterocycles. The van der Waals surface area contributed by atoms with E-state index in [1.54, 1.807) is 11.1 Å². The first kappa shape index (κ1) is 16.0. The molecular weight excluding hydrogens is 312 g/mol.